The molecule has 0 aromatic heterocycles. The van der Waals surface area contributed by atoms with Crippen LogP contribution in [0.15, 0.2) is 22.7 Å². The smallest absolute Gasteiger partial charge is 0.120 e. The van der Waals surface area contributed by atoms with Gasteiger partial charge in [0.25, 0.3) is 0 Å². The largest absolute Gasteiger partial charge is 0.490 e. The predicted molar refractivity (Wildman–Crippen MR) is 85.2 cm³/mol. The molecule has 3 heteroatoms. The molecular weight excluding hydrogens is 316 g/mol. The molecule has 0 atom stereocenters. The van der Waals surface area contributed by atoms with Crippen LogP contribution in [0, 0.1) is 12.8 Å². The van der Waals surface area contributed by atoms with Gasteiger partial charge < -0.3 is 9.53 Å². The Hall–Kier alpha value is -0.830. The Labute approximate surface area is 130 Å². The maximum atomic E-state index is 10.3. The number of unbranched alkanes of at least 4 members (excludes halogenated alkanes) is 1. The molecule has 0 bridgehead atoms. The molecule has 20 heavy (non-hydrogen) atoms. The Morgan fingerprint density at radius 3 is 2.70 bits per heavy atom. The van der Waals surface area contributed by atoms with Crippen LogP contribution in [-0.2, 0) is 4.79 Å². The molecule has 0 radical (unpaired) electrons. The molecule has 0 saturated heterocycles. The number of hydrogen-bond donors (Lipinski definition) is 0. The standard InChI is InChI=1S/C17H23BrO2/c1-13-12-16(9-10-17(13)18)20-15-7-5-14(6-8-15)4-2-3-11-19/h9-12,14-15H,2-8H2,1H3. The highest BCUT2D eigenvalue weighted by Gasteiger charge is 2.22. The fourth-order valence-corrected chi connectivity index (χ4v) is 3.16. The maximum Gasteiger partial charge on any atom is 0.120 e. The summed E-state index contributed by atoms with van der Waals surface area (Å²) in [5.74, 6) is 1.77. The Kier molecular flexibility index (Phi) is 6.08. The molecule has 0 amide bonds. The number of rotatable bonds is 6. The third kappa shape index (κ3) is 4.62. The van der Waals surface area contributed by atoms with E-state index in [9.17, 15) is 4.79 Å². The molecule has 2 rings (SSSR count). The van der Waals surface area contributed by atoms with E-state index in [4.69, 9.17) is 4.74 Å². The van der Waals surface area contributed by atoms with Crippen LogP contribution >= 0.6 is 15.9 Å². The summed E-state index contributed by atoms with van der Waals surface area (Å²) >= 11 is 3.51. The van der Waals surface area contributed by atoms with Gasteiger partial charge in [-0.05, 0) is 68.7 Å². The first-order valence-electron chi connectivity index (χ1n) is 7.55. The van der Waals surface area contributed by atoms with E-state index in [1.54, 1.807) is 0 Å². The molecule has 0 heterocycles. The lowest BCUT2D eigenvalue weighted by Gasteiger charge is -2.29. The summed E-state index contributed by atoms with van der Waals surface area (Å²) in [4.78, 5) is 10.3. The zero-order valence-electron chi connectivity index (χ0n) is 12.1. The zero-order chi connectivity index (χ0) is 14.4. The van der Waals surface area contributed by atoms with Gasteiger partial charge in [-0.15, -0.1) is 0 Å². The summed E-state index contributed by atoms with van der Waals surface area (Å²) in [5.41, 5.74) is 1.21. The van der Waals surface area contributed by atoms with Crippen molar-refractivity contribution in [2.24, 2.45) is 5.92 Å². The Morgan fingerprint density at radius 2 is 2.05 bits per heavy atom. The van der Waals surface area contributed by atoms with Gasteiger partial charge in [-0.3, -0.25) is 0 Å². The van der Waals surface area contributed by atoms with E-state index in [2.05, 4.69) is 35.0 Å². The van der Waals surface area contributed by atoms with Gasteiger partial charge in [0.1, 0.15) is 12.0 Å². The molecule has 0 unspecified atom stereocenters. The third-order valence-electron chi connectivity index (χ3n) is 4.16. The SMILES string of the molecule is Cc1cc(OC2CCC(CCCC=O)CC2)ccc1Br. The van der Waals surface area contributed by atoms with E-state index in [0.29, 0.717) is 12.5 Å². The molecule has 1 saturated carbocycles. The van der Waals surface area contributed by atoms with Gasteiger partial charge in [0.05, 0.1) is 6.10 Å². The number of carbonyl (C=O) groups is 1. The van der Waals surface area contributed by atoms with Crippen molar-refractivity contribution < 1.29 is 9.53 Å². The molecule has 1 fully saturated rings. The van der Waals surface area contributed by atoms with E-state index in [0.717, 1.165) is 41.7 Å². The summed E-state index contributed by atoms with van der Waals surface area (Å²) in [7, 11) is 0. The van der Waals surface area contributed by atoms with Crippen molar-refractivity contribution in [3.8, 4) is 5.75 Å². The first-order chi connectivity index (χ1) is 9.69. The highest BCUT2D eigenvalue weighted by Crippen LogP contribution is 2.31. The number of hydrogen-bond acceptors (Lipinski definition) is 2. The Balaban J connectivity index is 1.76. The van der Waals surface area contributed by atoms with Gasteiger partial charge in [0.15, 0.2) is 0 Å². The molecule has 0 spiro atoms. The van der Waals surface area contributed by atoms with E-state index >= 15 is 0 Å². The highest BCUT2D eigenvalue weighted by atomic mass is 79.9. The minimum absolute atomic E-state index is 0.359. The summed E-state index contributed by atoms with van der Waals surface area (Å²) < 4.78 is 7.22. The third-order valence-corrected chi connectivity index (χ3v) is 5.05. The van der Waals surface area contributed by atoms with E-state index in [-0.39, 0.29) is 0 Å². The van der Waals surface area contributed by atoms with E-state index in [1.165, 1.54) is 24.8 Å². The van der Waals surface area contributed by atoms with Crippen LogP contribution in [0.5, 0.6) is 5.75 Å². The molecule has 1 aromatic carbocycles. The van der Waals surface area contributed by atoms with Crippen LogP contribution in [0.4, 0.5) is 0 Å². The lowest BCUT2D eigenvalue weighted by molar-refractivity contribution is -0.108. The zero-order valence-corrected chi connectivity index (χ0v) is 13.7. The number of ether oxygens (including phenoxy) is 1. The average molecular weight is 339 g/mol. The fourth-order valence-electron chi connectivity index (χ4n) is 2.91. The van der Waals surface area contributed by atoms with Crippen molar-refractivity contribution in [3.63, 3.8) is 0 Å². The Bertz CT molecular complexity index is 437. The number of aldehydes is 1. The lowest BCUT2D eigenvalue weighted by Crippen LogP contribution is -2.24. The maximum absolute atomic E-state index is 10.3. The molecule has 110 valence electrons. The molecule has 1 aliphatic rings. The second-order valence-electron chi connectivity index (χ2n) is 5.77. The van der Waals surface area contributed by atoms with Crippen LogP contribution in [-0.4, -0.2) is 12.4 Å². The second-order valence-corrected chi connectivity index (χ2v) is 6.62. The van der Waals surface area contributed by atoms with Gasteiger partial charge in [-0.1, -0.05) is 22.4 Å². The molecule has 0 aliphatic heterocycles. The van der Waals surface area contributed by atoms with Crippen LogP contribution < -0.4 is 4.74 Å². The number of carbonyl (C=O) groups excluding carboxylic acids is 1. The lowest BCUT2D eigenvalue weighted by atomic mass is 9.84. The monoisotopic (exact) mass is 338 g/mol. The van der Waals surface area contributed by atoms with E-state index < -0.39 is 0 Å². The van der Waals surface area contributed by atoms with Crippen molar-refractivity contribution >= 4 is 22.2 Å². The van der Waals surface area contributed by atoms with Crippen molar-refractivity contribution in [1.82, 2.24) is 0 Å². The minimum atomic E-state index is 0.359. The van der Waals surface area contributed by atoms with Crippen LogP contribution in [0.25, 0.3) is 0 Å². The van der Waals surface area contributed by atoms with E-state index in [1.807, 2.05) is 6.07 Å². The Morgan fingerprint density at radius 1 is 1.30 bits per heavy atom. The van der Waals surface area contributed by atoms with Crippen LogP contribution in [0.3, 0.4) is 0 Å². The van der Waals surface area contributed by atoms with Gasteiger partial charge in [0.2, 0.25) is 0 Å². The molecular formula is C17H23BrO2. The van der Waals surface area contributed by atoms with Crippen LogP contribution in [0.2, 0.25) is 0 Å². The second kappa shape index (κ2) is 7.82. The number of halogens is 1. The normalized spacial score (nSPS) is 22.5. The van der Waals surface area contributed by atoms with Crippen LogP contribution in [0.1, 0.15) is 50.5 Å². The summed E-state index contributed by atoms with van der Waals surface area (Å²) in [6, 6.07) is 6.18. The first kappa shape index (κ1) is 15.6. The van der Waals surface area contributed by atoms with Gasteiger partial charge in [-0.25, -0.2) is 0 Å². The van der Waals surface area contributed by atoms with Gasteiger partial charge >= 0.3 is 0 Å². The fraction of sp³-hybridized carbons (Fsp3) is 0.588. The van der Waals surface area contributed by atoms with Crippen molar-refractivity contribution in [2.75, 3.05) is 0 Å². The molecule has 0 N–H and O–H groups in total. The quantitative estimate of drug-likeness (QED) is 0.535. The topological polar surface area (TPSA) is 26.3 Å². The minimum Gasteiger partial charge on any atom is -0.490 e. The van der Waals surface area contributed by atoms with Crippen molar-refractivity contribution in [3.05, 3.63) is 28.2 Å². The van der Waals surface area contributed by atoms with Crippen molar-refractivity contribution in [1.29, 1.82) is 0 Å². The molecule has 1 aromatic rings. The first-order valence-corrected chi connectivity index (χ1v) is 8.35. The summed E-state index contributed by atoms with van der Waals surface area (Å²) in [6.45, 7) is 2.08. The molecule has 2 nitrogen and oxygen atoms in total. The average Bonchev–Trinajstić information content (AvgIpc) is 2.45. The number of benzene rings is 1. The van der Waals surface area contributed by atoms with Crippen molar-refractivity contribution in [2.45, 2.75) is 58.0 Å². The van der Waals surface area contributed by atoms with Gasteiger partial charge in [-0.2, -0.15) is 0 Å². The highest BCUT2D eigenvalue weighted by molar-refractivity contribution is 9.10. The summed E-state index contributed by atoms with van der Waals surface area (Å²) in [5, 5.41) is 0. The number of aryl methyl sites for hydroxylation is 1. The summed E-state index contributed by atoms with van der Waals surface area (Å²) in [6.07, 6.45) is 9.10. The molecule has 1 aliphatic carbocycles. The predicted octanol–water partition coefficient (Wildman–Crippen LogP) is 5.06. The van der Waals surface area contributed by atoms with Gasteiger partial charge in [0, 0.05) is 10.9 Å².